The second kappa shape index (κ2) is 15.3. The summed E-state index contributed by atoms with van der Waals surface area (Å²) in [6.45, 7) is 0.789. The molecule has 10 heteroatoms. The molecule has 0 saturated carbocycles. The molecule has 0 amide bonds. The second-order valence-electron chi connectivity index (χ2n) is 9.07. The minimum absolute atomic E-state index is 0.00186. The van der Waals surface area contributed by atoms with E-state index in [0.717, 1.165) is 0 Å². The highest BCUT2D eigenvalue weighted by Gasteiger charge is 2.47. The van der Waals surface area contributed by atoms with E-state index in [-0.39, 0.29) is 30.6 Å². The minimum atomic E-state index is -2.47. The van der Waals surface area contributed by atoms with Gasteiger partial charge in [-0.1, -0.05) is 72.8 Å². The highest BCUT2D eigenvalue weighted by Crippen LogP contribution is 2.33. The van der Waals surface area contributed by atoms with E-state index in [1.165, 1.54) is 11.0 Å². The number of halogens is 2. The molecule has 8 nitrogen and oxygen atoms in total. The number of carbonyl (C=O) groups is 3. The van der Waals surface area contributed by atoms with Crippen molar-refractivity contribution in [3.8, 4) is 5.75 Å². The van der Waals surface area contributed by atoms with Crippen LogP contribution in [-0.4, -0.2) is 53.2 Å². The van der Waals surface area contributed by atoms with Gasteiger partial charge in [-0.2, -0.15) is 0 Å². The lowest BCUT2D eigenvalue weighted by Crippen LogP contribution is -2.65. The molecule has 0 aromatic heterocycles. The fourth-order valence-electron chi connectivity index (χ4n) is 4.47. The molecule has 3 aromatic rings. The summed E-state index contributed by atoms with van der Waals surface area (Å²) in [5.41, 5.74) is -0.563. The molecule has 1 unspecified atom stereocenters. The third kappa shape index (κ3) is 7.97. The van der Waals surface area contributed by atoms with Gasteiger partial charge in [-0.3, -0.25) is 4.90 Å². The Bertz CT molecular complexity index is 1210. The van der Waals surface area contributed by atoms with Crippen LogP contribution in [0, 0.1) is 0 Å². The second-order valence-corrected chi connectivity index (χ2v) is 9.83. The number of aliphatic carboxylic acids is 2. The van der Waals surface area contributed by atoms with Crippen LogP contribution in [0.1, 0.15) is 24.0 Å². The van der Waals surface area contributed by atoms with Gasteiger partial charge in [-0.15, -0.1) is 23.2 Å². The van der Waals surface area contributed by atoms with Gasteiger partial charge >= 0.3 is 5.97 Å². The van der Waals surface area contributed by atoms with E-state index < -0.39 is 36.3 Å². The molecule has 212 valence electrons. The van der Waals surface area contributed by atoms with Crippen LogP contribution in [0.4, 0.5) is 5.69 Å². The van der Waals surface area contributed by atoms with Gasteiger partial charge in [0.2, 0.25) is 0 Å². The zero-order valence-electron chi connectivity index (χ0n) is 21.8. The molecule has 0 saturated heterocycles. The Kier molecular flexibility index (Phi) is 11.8. The number of hydrogen-bond donors (Lipinski definition) is 0. The van der Waals surface area contributed by atoms with Crippen molar-refractivity contribution >= 4 is 46.8 Å². The molecule has 0 aliphatic carbocycles. The van der Waals surface area contributed by atoms with E-state index in [9.17, 15) is 24.6 Å². The predicted molar refractivity (Wildman–Crippen MR) is 150 cm³/mol. The topological polar surface area (TPSA) is 113 Å². The Morgan fingerprint density at radius 2 is 1.25 bits per heavy atom. The first kappa shape index (κ1) is 30.9. The van der Waals surface area contributed by atoms with Gasteiger partial charge in [0.15, 0.2) is 11.3 Å². The monoisotopic (exact) mass is 584 g/mol. The molecule has 3 rings (SSSR count). The third-order valence-corrected chi connectivity index (χ3v) is 6.79. The molecule has 0 fully saturated rings. The van der Waals surface area contributed by atoms with E-state index >= 15 is 0 Å². The quantitative estimate of drug-likeness (QED) is 0.109. The van der Waals surface area contributed by atoms with Crippen LogP contribution in [-0.2, 0) is 27.5 Å². The van der Waals surface area contributed by atoms with Gasteiger partial charge in [-0.25, -0.2) is 4.79 Å². The molecule has 0 bridgehead atoms. The van der Waals surface area contributed by atoms with Crippen molar-refractivity contribution in [1.82, 2.24) is 4.90 Å². The molecule has 0 N–H and O–H groups in total. The van der Waals surface area contributed by atoms with Crippen molar-refractivity contribution in [3.05, 3.63) is 96.1 Å². The summed E-state index contributed by atoms with van der Waals surface area (Å²) in [6, 6.07) is 24.5. The van der Waals surface area contributed by atoms with Gasteiger partial charge in [0.25, 0.3) is 0 Å². The van der Waals surface area contributed by atoms with Crippen LogP contribution in [0.2, 0.25) is 0 Å². The zero-order chi connectivity index (χ0) is 29.0. The normalized spacial score (nSPS) is 12.5. The van der Waals surface area contributed by atoms with E-state index in [2.05, 4.69) is 0 Å². The fraction of sp³-hybridized carbons (Fsp3) is 0.300. The first-order valence-electron chi connectivity index (χ1n) is 12.7. The third-order valence-electron chi connectivity index (χ3n) is 6.46. The van der Waals surface area contributed by atoms with E-state index in [1.54, 1.807) is 66.7 Å². The smallest absolute Gasteiger partial charge is 0.337 e. The standard InChI is InChI=1S/C30H32Cl2N2O6/c31-17-19-33(20-18-32)25-13-7-8-14-26(25)40-29(39)30(28(37)38,16-15-27(35)36)34(21-23-9-3-1-4-10-23)22-24-11-5-2-6-12-24/h1-14H,15-22H2,(H,35,36)(H,37,38)/p-2. The molecular formula is C30H30Cl2N2O6-2. The summed E-state index contributed by atoms with van der Waals surface area (Å²) in [5, 5.41) is 24.5. The number of carboxylic acid groups (broad SMARTS) is 2. The van der Waals surface area contributed by atoms with Crippen molar-refractivity contribution in [2.45, 2.75) is 31.5 Å². The largest absolute Gasteiger partial charge is 0.550 e. The molecule has 1 atom stereocenters. The van der Waals surface area contributed by atoms with Crippen molar-refractivity contribution in [2.24, 2.45) is 0 Å². The summed E-state index contributed by atoms with van der Waals surface area (Å²) >= 11 is 11.9. The SMILES string of the molecule is O=C([O-])CCC(C(=O)[O-])(C(=O)Oc1ccccc1N(CCCl)CCCl)N(Cc1ccccc1)Cc1ccccc1. The minimum Gasteiger partial charge on any atom is -0.550 e. The van der Waals surface area contributed by atoms with E-state index in [1.807, 2.05) is 17.0 Å². The van der Waals surface area contributed by atoms with Crippen LogP contribution in [0.5, 0.6) is 5.75 Å². The highest BCUT2D eigenvalue weighted by molar-refractivity contribution is 6.18. The van der Waals surface area contributed by atoms with Gasteiger partial charge in [-0.05, 0) is 36.1 Å². The molecular weight excluding hydrogens is 555 g/mol. The van der Waals surface area contributed by atoms with Crippen LogP contribution in [0.25, 0.3) is 0 Å². The maximum Gasteiger partial charge on any atom is 0.337 e. The number of esters is 1. The van der Waals surface area contributed by atoms with Gasteiger partial charge < -0.3 is 29.4 Å². The molecule has 0 aliphatic heterocycles. The lowest BCUT2D eigenvalue weighted by molar-refractivity contribution is -0.320. The van der Waals surface area contributed by atoms with Crippen LogP contribution >= 0.6 is 23.2 Å². The van der Waals surface area contributed by atoms with E-state index in [0.29, 0.717) is 29.9 Å². The number of nitrogens with zero attached hydrogens (tertiary/aromatic N) is 2. The lowest BCUT2D eigenvalue weighted by Gasteiger charge is -2.43. The van der Waals surface area contributed by atoms with Crippen LogP contribution < -0.4 is 19.8 Å². The summed E-state index contributed by atoms with van der Waals surface area (Å²) in [6.07, 6.45) is -1.35. The van der Waals surface area contributed by atoms with Crippen molar-refractivity contribution < 1.29 is 29.3 Å². The summed E-state index contributed by atoms with van der Waals surface area (Å²) in [7, 11) is 0. The van der Waals surface area contributed by atoms with Gasteiger partial charge in [0.1, 0.15) is 0 Å². The number of carboxylic acids is 2. The lowest BCUT2D eigenvalue weighted by atomic mass is 9.89. The number of rotatable bonds is 16. The first-order chi connectivity index (χ1) is 19.3. The van der Waals surface area contributed by atoms with Gasteiger partial charge in [0.05, 0.1) is 11.7 Å². The maximum absolute atomic E-state index is 14.0. The number of ether oxygens (including phenoxy) is 1. The predicted octanol–water partition coefficient (Wildman–Crippen LogP) is 2.60. The Morgan fingerprint density at radius 1 is 0.750 bits per heavy atom. The molecule has 40 heavy (non-hydrogen) atoms. The molecule has 0 radical (unpaired) electrons. The average molecular weight is 585 g/mol. The number of hydrogen-bond acceptors (Lipinski definition) is 8. The number of alkyl halides is 2. The molecule has 0 spiro atoms. The van der Waals surface area contributed by atoms with E-state index in [4.69, 9.17) is 27.9 Å². The van der Waals surface area contributed by atoms with Crippen LogP contribution in [0.15, 0.2) is 84.9 Å². The molecule has 0 heterocycles. The van der Waals surface area contributed by atoms with Crippen molar-refractivity contribution in [2.75, 3.05) is 29.7 Å². The Morgan fingerprint density at radius 3 is 1.73 bits per heavy atom. The Hall–Kier alpha value is -3.59. The summed E-state index contributed by atoms with van der Waals surface area (Å²) in [5.74, 6) is -3.83. The molecule has 0 aliphatic rings. The fourth-order valence-corrected chi connectivity index (χ4v) is 4.87. The summed E-state index contributed by atoms with van der Waals surface area (Å²) < 4.78 is 5.79. The highest BCUT2D eigenvalue weighted by atomic mass is 35.5. The van der Waals surface area contributed by atoms with Crippen molar-refractivity contribution in [3.63, 3.8) is 0 Å². The average Bonchev–Trinajstić information content (AvgIpc) is 2.94. The Labute approximate surface area is 243 Å². The number of anilines is 1. The maximum atomic E-state index is 14.0. The number of carbonyl (C=O) groups excluding carboxylic acids is 3. The van der Waals surface area contributed by atoms with Gasteiger partial charge in [0, 0.05) is 43.9 Å². The molecule has 3 aromatic carbocycles. The van der Waals surface area contributed by atoms with Crippen molar-refractivity contribution in [1.29, 1.82) is 0 Å². The summed E-state index contributed by atoms with van der Waals surface area (Å²) in [4.78, 5) is 41.8. The number of para-hydroxylation sites is 2. The zero-order valence-corrected chi connectivity index (χ0v) is 23.4. The first-order valence-corrected chi connectivity index (χ1v) is 13.8. The van der Waals surface area contributed by atoms with Crippen LogP contribution in [0.3, 0.4) is 0 Å². The number of benzene rings is 3. The Balaban J connectivity index is 2.11.